The van der Waals surface area contributed by atoms with Crippen molar-refractivity contribution in [3.8, 4) is 22.8 Å². The summed E-state index contributed by atoms with van der Waals surface area (Å²) in [4.78, 5) is 21.1. The number of carbonyl (C=O) groups excluding carboxylic acids is 1. The summed E-state index contributed by atoms with van der Waals surface area (Å²) in [5, 5.41) is 24.0. The van der Waals surface area contributed by atoms with Gasteiger partial charge in [0.2, 0.25) is 0 Å². The number of halogens is 3. The van der Waals surface area contributed by atoms with Gasteiger partial charge in [-0.2, -0.15) is 0 Å². The third-order valence-corrected chi connectivity index (χ3v) is 6.03. The van der Waals surface area contributed by atoms with Crippen LogP contribution in [0.3, 0.4) is 0 Å². The number of anilines is 2. The highest BCUT2D eigenvalue weighted by molar-refractivity contribution is 6.58. The fraction of sp³-hybridized carbons (Fsp3) is 0.233. The summed E-state index contributed by atoms with van der Waals surface area (Å²) in [6.45, 7) is 1.93. The number of carbonyl (C=O) groups is 1. The molecule has 1 aromatic heterocycles. The van der Waals surface area contributed by atoms with Gasteiger partial charge in [-0.25, -0.2) is 9.97 Å². The van der Waals surface area contributed by atoms with Crippen LogP contribution in [-0.4, -0.2) is 79.0 Å². The molecule has 45 heavy (non-hydrogen) atoms. The summed E-state index contributed by atoms with van der Waals surface area (Å²) in [5.41, 5.74) is 2.50. The quantitative estimate of drug-likeness (QED) is 0.108. The number of amides is 1. The van der Waals surface area contributed by atoms with E-state index < -0.39 is 13.5 Å². The van der Waals surface area contributed by atoms with Crippen LogP contribution in [-0.2, 0) is 9.47 Å². The molecule has 0 spiro atoms. The van der Waals surface area contributed by atoms with Crippen molar-refractivity contribution in [1.82, 2.24) is 15.3 Å². The highest BCUT2D eigenvalue weighted by Gasteiger charge is 2.31. The predicted octanol–water partition coefficient (Wildman–Crippen LogP) is 3.31. The minimum absolute atomic E-state index is 0.288. The van der Waals surface area contributed by atoms with E-state index in [-0.39, 0.29) is 11.7 Å². The standard InChI is InChI=1S/C30H30BF3N4O7/c32-30(33,34)45-26-10-6-24(7-11-26)38-28-19-27(36-20-37-28)21-2-1-3-22(18-21)29(39)35-12-13-42-14-15-43-16-17-44-25-8-4-23(5-9-25)31(40)41/h1-11,18-20,40-41H,12-17H2,(H,35,39)(H,36,37,38). The Balaban J connectivity index is 1.14. The van der Waals surface area contributed by atoms with Gasteiger partial charge in [-0.3, -0.25) is 4.79 Å². The maximum atomic E-state index is 12.7. The van der Waals surface area contributed by atoms with E-state index in [1.165, 1.54) is 30.6 Å². The SMILES string of the molecule is O=C(NCCOCCOCCOc1ccc(B(O)O)cc1)c1cccc(-c2cc(Nc3ccc(OC(F)(F)F)cc3)ncn2)c1. The Morgan fingerprint density at radius 1 is 0.822 bits per heavy atom. The highest BCUT2D eigenvalue weighted by Crippen LogP contribution is 2.26. The number of rotatable bonds is 16. The molecule has 236 valence electrons. The van der Waals surface area contributed by atoms with Crippen LogP contribution in [0.5, 0.6) is 11.5 Å². The number of benzene rings is 3. The van der Waals surface area contributed by atoms with E-state index in [0.717, 1.165) is 0 Å². The first kappa shape index (κ1) is 33.2. The molecular formula is C30H30BF3N4O7. The molecule has 3 aromatic carbocycles. The van der Waals surface area contributed by atoms with Crippen LogP contribution in [0.15, 0.2) is 85.2 Å². The van der Waals surface area contributed by atoms with Gasteiger partial charge < -0.3 is 39.6 Å². The average Bonchev–Trinajstić information content (AvgIpc) is 3.02. The molecule has 1 amide bonds. The second-order valence-electron chi connectivity index (χ2n) is 9.34. The molecule has 1 heterocycles. The largest absolute Gasteiger partial charge is 0.573 e. The van der Waals surface area contributed by atoms with Crippen LogP contribution >= 0.6 is 0 Å². The molecule has 11 nitrogen and oxygen atoms in total. The maximum absolute atomic E-state index is 12.7. The fourth-order valence-electron chi connectivity index (χ4n) is 3.91. The Labute approximate surface area is 257 Å². The molecule has 15 heteroatoms. The monoisotopic (exact) mass is 626 g/mol. The Morgan fingerprint density at radius 3 is 2.22 bits per heavy atom. The van der Waals surface area contributed by atoms with Crippen LogP contribution in [0.2, 0.25) is 0 Å². The van der Waals surface area contributed by atoms with Crippen LogP contribution in [0.4, 0.5) is 24.7 Å². The van der Waals surface area contributed by atoms with E-state index >= 15 is 0 Å². The van der Waals surface area contributed by atoms with Crippen molar-refractivity contribution in [3.05, 3.63) is 90.8 Å². The third-order valence-electron chi connectivity index (χ3n) is 6.03. The first-order valence-electron chi connectivity index (χ1n) is 13.7. The van der Waals surface area contributed by atoms with E-state index in [0.29, 0.717) is 79.1 Å². The zero-order chi connectivity index (χ0) is 32.1. The summed E-state index contributed by atoms with van der Waals surface area (Å²) in [6.07, 6.45) is -3.43. The molecule has 0 atom stereocenters. The van der Waals surface area contributed by atoms with Gasteiger partial charge in [-0.05, 0) is 54.0 Å². The van der Waals surface area contributed by atoms with E-state index in [4.69, 9.17) is 24.3 Å². The molecule has 0 aliphatic heterocycles. The van der Waals surface area contributed by atoms with Gasteiger partial charge in [-0.15, -0.1) is 13.2 Å². The smallest absolute Gasteiger partial charge is 0.491 e. The lowest BCUT2D eigenvalue weighted by atomic mass is 9.80. The molecular weight excluding hydrogens is 596 g/mol. The van der Waals surface area contributed by atoms with E-state index in [2.05, 4.69) is 25.3 Å². The minimum atomic E-state index is -4.77. The maximum Gasteiger partial charge on any atom is 0.573 e. The van der Waals surface area contributed by atoms with Gasteiger partial charge in [0.05, 0.1) is 32.1 Å². The number of nitrogens with zero attached hydrogens (tertiary/aromatic N) is 2. The molecule has 4 rings (SSSR count). The van der Waals surface area contributed by atoms with Gasteiger partial charge >= 0.3 is 13.5 Å². The second kappa shape index (κ2) is 16.4. The minimum Gasteiger partial charge on any atom is -0.491 e. The summed E-state index contributed by atoms with van der Waals surface area (Å²) >= 11 is 0. The number of alkyl halides is 3. The number of hydrogen-bond donors (Lipinski definition) is 4. The predicted molar refractivity (Wildman–Crippen MR) is 160 cm³/mol. The molecule has 0 aliphatic carbocycles. The van der Waals surface area contributed by atoms with E-state index in [1.807, 2.05) is 0 Å². The lowest BCUT2D eigenvalue weighted by Crippen LogP contribution is -2.29. The van der Waals surface area contributed by atoms with Crippen LogP contribution in [0.25, 0.3) is 11.3 Å². The number of hydrogen-bond acceptors (Lipinski definition) is 10. The van der Waals surface area contributed by atoms with Crippen molar-refractivity contribution in [2.24, 2.45) is 0 Å². The number of nitrogens with one attached hydrogen (secondary N) is 2. The molecule has 4 aromatic rings. The second-order valence-corrected chi connectivity index (χ2v) is 9.34. The van der Waals surface area contributed by atoms with Gasteiger partial charge in [0.15, 0.2) is 0 Å². The molecule has 0 radical (unpaired) electrons. The molecule has 0 bridgehead atoms. The summed E-state index contributed by atoms with van der Waals surface area (Å²) in [5.74, 6) is 0.369. The zero-order valence-electron chi connectivity index (χ0n) is 23.9. The van der Waals surface area contributed by atoms with Gasteiger partial charge in [0.25, 0.3) is 5.91 Å². The van der Waals surface area contributed by atoms with Gasteiger partial charge in [0, 0.05) is 29.4 Å². The van der Waals surface area contributed by atoms with Crippen LogP contribution < -0.4 is 25.6 Å². The van der Waals surface area contributed by atoms with Crippen molar-refractivity contribution in [3.63, 3.8) is 0 Å². The van der Waals surface area contributed by atoms with Gasteiger partial charge in [-0.1, -0.05) is 24.3 Å². The summed E-state index contributed by atoms with van der Waals surface area (Å²) in [6, 6.07) is 20.2. The first-order valence-corrected chi connectivity index (χ1v) is 13.7. The lowest BCUT2D eigenvalue weighted by Gasteiger charge is -2.11. The molecule has 0 saturated carbocycles. The van der Waals surface area contributed by atoms with Crippen molar-refractivity contribution in [2.45, 2.75) is 6.36 Å². The zero-order valence-corrected chi connectivity index (χ0v) is 23.9. The molecule has 4 N–H and O–H groups in total. The normalized spacial score (nSPS) is 11.1. The summed E-state index contributed by atoms with van der Waals surface area (Å²) < 4.78 is 57.5. The third kappa shape index (κ3) is 11.4. The Morgan fingerprint density at radius 2 is 1.51 bits per heavy atom. The molecule has 0 saturated heterocycles. The fourth-order valence-corrected chi connectivity index (χ4v) is 3.91. The Hall–Kier alpha value is -4.70. The highest BCUT2D eigenvalue weighted by atomic mass is 19.4. The van der Waals surface area contributed by atoms with Crippen LogP contribution in [0.1, 0.15) is 10.4 Å². The van der Waals surface area contributed by atoms with Crippen molar-refractivity contribution < 1.29 is 47.0 Å². The first-order chi connectivity index (χ1) is 21.7. The number of aromatic nitrogens is 2. The molecule has 0 aliphatic rings. The Kier molecular flexibility index (Phi) is 12.1. The van der Waals surface area contributed by atoms with Crippen molar-refractivity contribution in [1.29, 1.82) is 0 Å². The lowest BCUT2D eigenvalue weighted by molar-refractivity contribution is -0.274. The van der Waals surface area contributed by atoms with E-state index in [1.54, 1.807) is 54.6 Å². The Bertz CT molecular complexity index is 1510. The topological polar surface area (TPSA) is 144 Å². The van der Waals surface area contributed by atoms with E-state index in [9.17, 15) is 18.0 Å². The summed E-state index contributed by atoms with van der Waals surface area (Å²) in [7, 11) is -1.52. The van der Waals surface area contributed by atoms with Gasteiger partial charge in [0.1, 0.15) is 30.3 Å². The van der Waals surface area contributed by atoms with Crippen LogP contribution in [0, 0.1) is 0 Å². The van der Waals surface area contributed by atoms with Crippen molar-refractivity contribution in [2.75, 3.05) is 44.9 Å². The number of ether oxygens (including phenoxy) is 4. The average molecular weight is 626 g/mol. The molecule has 0 unspecified atom stereocenters. The van der Waals surface area contributed by atoms with Crippen molar-refractivity contribution >= 4 is 30.0 Å². The molecule has 0 fully saturated rings.